The molecule has 0 aliphatic heterocycles. The molecule has 0 amide bonds. The van der Waals surface area contributed by atoms with Crippen LogP contribution in [-0.2, 0) is 0 Å². The van der Waals surface area contributed by atoms with E-state index < -0.39 is 0 Å². The molecule has 0 aromatic rings. The van der Waals surface area contributed by atoms with Crippen LogP contribution in [0.4, 0.5) is 0 Å². The molecule has 0 radical (unpaired) electrons. The van der Waals surface area contributed by atoms with E-state index in [0.717, 1.165) is 16.1 Å². The first kappa shape index (κ1) is 15.0. The summed E-state index contributed by atoms with van der Waals surface area (Å²) in [6.07, 6.45) is 3.30. The molecule has 3 heteroatoms. The van der Waals surface area contributed by atoms with Crippen LogP contribution in [0.5, 0.6) is 0 Å². The Labute approximate surface area is 91.8 Å². The van der Waals surface area contributed by atoms with E-state index in [4.69, 9.17) is 11.6 Å². The van der Waals surface area contributed by atoms with Gasteiger partial charge in [0.2, 0.25) is 0 Å². The van der Waals surface area contributed by atoms with Crippen molar-refractivity contribution in [3.05, 3.63) is 11.1 Å². The van der Waals surface area contributed by atoms with Crippen LogP contribution in [0, 0.1) is 0 Å². The SMILES string of the molecule is CCC[N+](C)(C)C/C=C(/C)Cl.[Br-]. The molecule has 0 aromatic heterocycles. The van der Waals surface area contributed by atoms with Gasteiger partial charge in [-0.15, -0.1) is 0 Å². The number of rotatable bonds is 4. The minimum absolute atomic E-state index is 0. The first-order valence-corrected chi connectivity index (χ1v) is 4.50. The molecule has 0 aliphatic carbocycles. The molecule has 0 aliphatic rings. The van der Waals surface area contributed by atoms with E-state index >= 15 is 0 Å². The monoisotopic (exact) mass is 255 g/mol. The molecule has 0 heterocycles. The van der Waals surface area contributed by atoms with Crippen LogP contribution in [0.1, 0.15) is 20.3 Å². The highest BCUT2D eigenvalue weighted by Crippen LogP contribution is 2.03. The van der Waals surface area contributed by atoms with Crippen molar-refractivity contribution in [1.29, 1.82) is 0 Å². The molecule has 0 atom stereocenters. The predicted molar refractivity (Wildman–Crippen MR) is 51.7 cm³/mol. The predicted octanol–water partition coefficient (Wildman–Crippen LogP) is -0.381. The molecule has 0 unspecified atom stereocenters. The Morgan fingerprint density at radius 1 is 1.42 bits per heavy atom. The van der Waals surface area contributed by atoms with Gasteiger partial charge in [-0.05, 0) is 19.4 Å². The van der Waals surface area contributed by atoms with Crippen molar-refractivity contribution < 1.29 is 21.5 Å². The van der Waals surface area contributed by atoms with Crippen LogP contribution in [0.2, 0.25) is 0 Å². The minimum atomic E-state index is 0. The molecule has 0 fully saturated rings. The molecule has 74 valence electrons. The van der Waals surface area contributed by atoms with Crippen molar-refractivity contribution in [2.45, 2.75) is 20.3 Å². The Hall–Kier alpha value is 0.470. The van der Waals surface area contributed by atoms with Crippen LogP contribution in [0.15, 0.2) is 11.1 Å². The van der Waals surface area contributed by atoms with E-state index in [9.17, 15) is 0 Å². The standard InChI is InChI=1S/C9H19ClN.BrH/c1-5-7-11(3,4)8-6-9(2)10;/h6H,5,7-8H2,1-4H3;1H/q+1;/p-1/b9-6-;. The topological polar surface area (TPSA) is 0 Å². The zero-order valence-electron chi connectivity index (χ0n) is 8.40. The summed E-state index contributed by atoms with van der Waals surface area (Å²) in [5, 5.41) is 0.896. The van der Waals surface area contributed by atoms with E-state index in [1.807, 2.05) is 6.92 Å². The van der Waals surface area contributed by atoms with E-state index in [0.29, 0.717) is 0 Å². The summed E-state index contributed by atoms with van der Waals surface area (Å²) in [4.78, 5) is 0. The van der Waals surface area contributed by atoms with Crippen molar-refractivity contribution >= 4 is 11.6 Å². The summed E-state index contributed by atoms with van der Waals surface area (Å²) >= 11 is 5.74. The Balaban J connectivity index is 0. The maximum Gasteiger partial charge on any atom is 0.0983 e. The number of halogens is 2. The van der Waals surface area contributed by atoms with Crippen molar-refractivity contribution in [2.24, 2.45) is 0 Å². The van der Waals surface area contributed by atoms with Gasteiger partial charge in [0.25, 0.3) is 0 Å². The van der Waals surface area contributed by atoms with Crippen molar-refractivity contribution in [2.75, 3.05) is 27.2 Å². The van der Waals surface area contributed by atoms with Crippen molar-refractivity contribution in [1.82, 2.24) is 0 Å². The Kier molecular flexibility index (Phi) is 8.64. The zero-order valence-corrected chi connectivity index (χ0v) is 10.7. The highest BCUT2D eigenvalue weighted by molar-refractivity contribution is 6.29. The Bertz CT molecular complexity index is 139. The van der Waals surface area contributed by atoms with E-state index in [1.54, 1.807) is 0 Å². The van der Waals surface area contributed by atoms with Gasteiger partial charge in [0.15, 0.2) is 0 Å². The van der Waals surface area contributed by atoms with Crippen molar-refractivity contribution in [3.8, 4) is 0 Å². The van der Waals surface area contributed by atoms with Crippen LogP contribution in [0.3, 0.4) is 0 Å². The lowest BCUT2D eigenvalue weighted by Crippen LogP contribution is -3.00. The summed E-state index contributed by atoms with van der Waals surface area (Å²) < 4.78 is 1.03. The van der Waals surface area contributed by atoms with Gasteiger partial charge < -0.3 is 21.5 Å². The average molecular weight is 257 g/mol. The molecule has 0 spiro atoms. The fourth-order valence-electron chi connectivity index (χ4n) is 1.07. The summed E-state index contributed by atoms with van der Waals surface area (Å²) in [6.45, 7) is 6.37. The fraction of sp³-hybridized carbons (Fsp3) is 0.778. The first-order chi connectivity index (χ1) is 4.98. The minimum Gasteiger partial charge on any atom is -1.00 e. The van der Waals surface area contributed by atoms with Gasteiger partial charge in [0.05, 0.1) is 27.2 Å². The van der Waals surface area contributed by atoms with Crippen LogP contribution >= 0.6 is 11.6 Å². The lowest BCUT2D eigenvalue weighted by molar-refractivity contribution is -0.884. The molecule has 0 bridgehead atoms. The zero-order chi connectivity index (χ0) is 8.91. The van der Waals surface area contributed by atoms with Crippen molar-refractivity contribution in [3.63, 3.8) is 0 Å². The molecule has 0 saturated carbocycles. The molecule has 0 aromatic carbocycles. The molecule has 12 heavy (non-hydrogen) atoms. The molecule has 0 saturated heterocycles. The lowest BCUT2D eigenvalue weighted by atomic mass is 10.3. The van der Waals surface area contributed by atoms with Gasteiger partial charge in [-0.3, -0.25) is 0 Å². The Morgan fingerprint density at radius 2 is 1.92 bits per heavy atom. The third-order valence-electron chi connectivity index (χ3n) is 1.70. The second-order valence-electron chi connectivity index (χ2n) is 3.63. The molecular weight excluding hydrogens is 237 g/mol. The number of allylic oxidation sites excluding steroid dienone is 1. The summed E-state index contributed by atoms with van der Waals surface area (Å²) in [5.74, 6) is 0. The fourth-order valence-corrected chi connectivity index (χ4v) is 1.14. The van der Waals surface area contributed by atoms with Gasteiger partial charge in [0, 0.05) is 5.03 Å². The molecule has 0 rings (SSSR count). The summed E-state index contributed by atoms with van der Waals surface area (Å²) in [6, 6.07) is 0. The first-order valence-electron chi connectivity index (χ1n) is 4.12. The number of hydrogen-bond acceptors (Lipinski definition) is 0. The second-order valence-corrected chi connectivity index (χ2v) is 4.23. The third-order valence-corrected chi connectivity index (χ3v) is 1.85. The summed E-state index contributed by atoms with van der Waals surface area (Å²) in [5.41, 5.74) is 0. The van der Waals surface area contributed by atoms with Gasteiger partial charge in [0.1, 0.15) is 0 Å². The van der Waals surface area contributed by atoms with Crippen LogP contribution in [0.25, 0.3) is 0 Å². The van der Waals surface area contributed by atoms with Gasteiger partial charge in [-0.25, -0.2) is 0 Å². The quantitative estimate of drug-likeness (QED) is 0.602. The van der Waals surface area contributed by atoms with E-state index in [1.165, 1.54) is 13.0 Å². The maximum absolute atomic E-state index is 5.74. The van der Waals surface area contributed by atoms with Crippen LogP contribution < -0.4 is 17.0 Å². The smallest absolute Gasteiger partial charge is 0.0983 e. The van der Waals surface area contributed by atoms with E-state index in [-0.39, 0.29) is 17.0 Å². The maximum atomic E-state index is 5.74. The van der Waals surface area contributed by atoms with Crippen LogP contribution in [-0.4, -0.2) is 31.7 Å². The average Bonchev–Trinajstić information content (AvgIpc) is 1.84. The van der Waals surface area contributed by atoms with Gasteiger partial charge >= 0.3 is 0 Å². The highest BCUT2D eigenvalue weighted by atomic mass is 79.9. The van der Waals surface area contributed by atoms with Gasteiger partial charge in [-0.1, -0.05) is 18.5 Å². The third kappa shape index (κ3) is 8.57. The van der Waals surface area contributed by atoms with Gasteiger partial charge in [-0.2, -0.15) is 0 Å². The number of hydrogen-bond donors (Lipinski definition) is 0. The number of quaternary nitrogens is 1. The second kappa shape index (κ2) is 6.93. The molecule has 1 nitrogen and oxygen atoms in total. The summed E-state index contributed by atoms with van der Waals surface area (Å²) in [7, 11) is 4.44. The number of nitrogens with zero attached hydrogens (tertiary/aromatic N) is 1. The normalized spacial score (nSPS) is 12.6. The highest BCUT2D eigenvalue weighted by Gasteiger charge is 2.10. The van der Waals surface area contributed by atoms with E-state index in [2.05, 4.69) is 27.1 Å². The number of likely N-dealkylation sites (N-methyl/N-ethyl adjacent to an activating group) is 1. The largest absolute Gasteiger partial charge is 1.00 e. The Morgan fingerprint density at radius 3 is 2.25 bits per heavy atom. The molecule has 0 N–H and O–H groups in total. The lowest BCUT2D eigenvalue weighted by Gasteiger charge is -2.27. The molecular formula is C9H19BrClN.